The second-order valence-corrected chi connectivity index (χ2v) is 4.39. The van der Waals surface area contributed by atoms with Crippen molar-refractivity contribution in [3.63, 3.8) is 0 Å². The molecular weight excluding hydrogens is 212 g/mol. The fourth-order valence-electron chi connectivity index (χ4n) is 0.690. The van der Waals surface area contributed by atoms with Gasteiger partial charge in [-0.3, -0.25) is 0 Å². The standard InChI is InChI=1S/C7H9ClN2S2/c1-3-12-6-4-5(8)9-7(10-6)11-2/h4H,3H2,1-2H3. The molecule has 1 heterocycles. The minimum absolute atomic E-state index is 0.519. The van der Waals surface area contributed by atoms with E-state index in [0.717, 1.165) is 15.9 Å². The first-order chi connectivity index (χ1) is 5.76. The highest BCUT2D eigenvalue weighted by Crippen LogP contribution is 2.21. The van der Waals surface area contributed by atoms with Gasteiger partial charge in [0.1, 0.15) is 10.2 Å². The number of thioether (sulfide) groups is 2. The maximum absolute atomic E-state index is 5.79. The molecule has 0 aliphatic rings. The van der Waals surface area contributed by atoms with Crippen LogP contribution in [-0.2, 0) is 0 Å². The van der Waals surface area contributed by atoms with Gasteiger partial charge in [0, 0.05) is 6.07 Å². The first-order valence-electron chi connectivity index (χ1n) is 3.47. The zero-order chi connectivity index (χ0) is 8.97. The molecule has 0 aliphatic carbocycles. The van der Waals surface area contributed by atoms with Crippen LogP contribution in [0.3, 0.4) is 0 Å². The minimum Gasteiger partial charge on any atom is -0.216 e. The van der Waals surface area contributed by atoms with Crippen molar-refractivity contribution in [3.8, 4) is 0 Å². The second kappa shape index (κ2) is 4.94. The first-order valence-corrected chi connectivity index (χ1v) is 6.06. The van der Waals surface area contributed by atoms with Crippen LogP contribution in [-0.4, -0.2) is 22.0 Å². The Labute approximate surface area is 85.5 Å². The molecule has 12 heavy (non-hydrogen) atoms. The Balaban J connectivity index is 2.90. The summed E-state index contributed by atoms with van der Waals surface area (Å²) in [5, 5.41) is 2.20. The zero-order valence-electron chi connectivity index (χ0n) is 6.87. The molecule has 66 valence electrons. The highest BCUT2D eigenvalue weighted by Gasteiger charge is 2.01. The lowest BCUT2D eigenvalue weighted by Crippen LogP contribution is -1.88. The number of hydrogen-bond donors (Lipinski definition) is 0. The molecule has 0 radical (unpaired) electrons. The predicted molar refractivity (Wildman–Crippen MR) is 55.2 cm³/mol. The molecule has 2 nitrogen and oxygen atoms in total. The lowest BCUT2D eigenvalue weighted by molar-refractivity contribution is 0.894. The fourth-order valence-corrected chi connectivity index (χ4v) is 2.07. The van der Waals surface area contributed by atoms with E-state index in [1.165, 1.54) is 11.8 Å². The third-order valence-corrected chi connectivity index (χ3v) is 2.66. The molecule has 5 heteroatoms. The summed E-state index contributed by atoms with van der Waals surface area (Å²) < 4.78 is 0. The molecule has 0 bridgehead atoms. The van der Waals surface area contributed by atoms with E-state index >= 15 is 0 Å². The van der Waals surface area contributed by atoms with Gasteiger partial charge in [-0.1, -0.05) is 30.3 Å². The van der Waals surface area contributed by atoms with Gasteiger partial charge in [0.2, 0.25) is 0 Å². The molecule has 0 saturated carbocycles. The lowest BCUT2D eigenvalue weighted by Gasteiger charge is -2.00. The lowest BCUT2D eigenvalue weighted by atomic mass is 10.7. The molecule has 0 spiro atoms. The van der Waals surface area contributed by atoms with Gasteiger partial charge in [0.15, 0.2) is 5.16 Å². The van der Waals surface area contributed by atoms with E-state index in [1.807, 2.05) is 6.26 Å². The van der Waals surface area contributed by atoms with Crippen molar-refractivity contribution < 1.29 is 0 Å². The highest BCUT2D eigenvalue weighted by atomic mass is 35.5. The van der Waals surface area contributed by atoms with Crippen LogP contribution in [0.5, 0.6) is 0 Å². The molecular formula is C7H9ClN2S2. The summed E-state index contributed by atoms with van der Waals surface area (Å²) in [5.41, 5.74) is 0. The van der Waals surface area contributed by atoms with E-state index in [2.05, 4.69) is 16.9 Å². The quantitative estimate of drug-likeness (QED) is 0.445. The van der Waals surface area contributed by atoms with Gasteiger partial charge in [-0.25, -0.2) is 9.97 Å². The Kier molecular flexibility index (Phi) is 4.18. The smallest absolute Gasteiger partial charge is 0.189 e. The van der Waals surface area contributed by atoms with Crippen molar-refractivity contribution in [2.45, 2.75) is 17.1 Å². The topological polar surface area (TPSA) is 25.8 Å². The average Bonchev–Trinajstić information content (AvgIpc) is 2.04. The summed E-state index contributed by atoms with van der Waals surface area (Å²) in [6.45, 7) is 2.08. The highest BCUT2D eigenvalue weighted by molar-refractivity contribution is 7.99. The van der Waals surface area contributed by atoms with Gasteiger partial charge < -0.3 is 0 Å². The summed E-state index contributed by atoms with van der Waals surface area (Å²) in [6.07, 6.45) is 1.94. The second-order valence-electron chi connectivity index (χ2n) is 1.95. The Hall–Kier alpha value is 0.0700. The normalized spacial score (nSPS) is 10.2. The Morgan fingerprint density at radius 2 is 2.25 bits per heavy atom. The Bertz CT molecular complexity index is 268. The van der Waals surface area contributed by atoms with Crippen LogP contribution >= 0.6 is 35.1 Å². The molecule has 0 amide bonds. The number of hydrogen-bond acceptors (Lipinski definition) is 4. The molecule has 1 aromatic rings. The molecule has 0 saturated heterocycles. The molecule has 0 aromatic carbocycles. The molecule has 1 rings (SSSR count). The van der Waals surface area contributed by atoms with E-state index in [4.69, 9.17) is 11.6 Å². The molecule has 0 unspecified atom stereocenters. The van der Waals surface area contributed by atoms with Crippen LogP contribution in [0.2, 0.25) is 5.15 Å². The van der Waals surface area contributed by atoms with Gasteiger partial charge in [0.25, 0.3) is 0 Å². The van der Waals surface area contributed by atoms with Crippen molar-refractivity contribution in [1.82, 2.24) is 9.97 Å². The monoisotopic (exact) mass is 220 g/mol. The molecule has 1 aromatic heterocycles. The van der Waals surface area contributed by atoms with Crippen molar-refractivity contribution in [3.05, 3.63) is 11.2 Å². The summed E-state index contributed by atoms with van der Waals surface area (Å²) in [7, 11) is 0. The van der Waals surface area contributed by atoms with Gasteiger partial charge in [-0.05, 0) is 12.0 Å². The SMILES string of the molecule is CCSc1cc(Cl)nc(SC)n1. The van der Waals surface area contributed by atoms with Crippen LogP contribution in [0, 0.1) is 0 Å². The third-order valence-electron chi connectivity index (χ3n) is 1.13. The fraction of sp³-hybridized carbons (Fsp3) is 0.429. The van der Waals surface area contributed by atoms with E-state index < -0.39 is 0 Å². The Morgan fingerprint density at radius 3 is 2.83 bits per heavy atom. The van der Waals surface area contributed by atoms with E-state index in [9.17, 15) is 0 Å². The largest absolute Gasteiger partial charge is 0.216 e. The van der Waals surface area contributed by atoms with Crippen LogP contribution in [0.15, 0.2) is 16.2 Å². The van der Waals surface area contributed by atoms with Gasteiger partial charge >= 0.3 is 0 Å². The molecule has 0 fully saturated rings. The average molecular weight is 221 g/mol. The van der Waals surface area contributed by atoms with Crippen molar-refractivity contribution >= 4 is 35.1 Å². The van der Waals surface area contributed by atoms with Gasteiger partial charge in [-0.2, -0.15) is 0 Å². The summed E-state index contributed by atoms with van der Waals surface area (Å²) in [4.78, 5) is 8.31. The van der Waals surface area contributed by atoms with Crippen molar-refractivity contribution in [2.75, 3.05) is 12.0 Å². The number of aromatic nitrogens is 2. The van der Waals surface area contributed by atoms with E-state index in [1.54, 1.807) is 17.8 Å². The number of halogens is 1. The molecule has 0 aliphatic heterocycles. The molecule has 0 atom stereocenters. The van der Waals surface area contributed by atoms with Crippen molar-refractivity contribution in [2.24, 2.45) is 0 Å². The summed E-state index contributed by atoms with van der Waals surface area (Å²) >= 11 is 8.96. The number of rotatable bonds is 3. The maximum atomic E-state index is 5.79. The maximum Gasteiger partial charge on any atom is 0.189 e. The van der Waals surface area contributed by atoms with Crippen LogP contribution in [0.25, 0.3) is 0 Å². The minimum atomic E-state index is 0.519. The first kappa shape index (κ1) is 10.2. The molecule has 0 N–H and O–H groups in total. The predicted octanol–water partition coefficient (Wildman–Crippen LogP) is 2.96. The van der Waals surface area contributed by atoms with E-state index in [-0.39, 0.29) is 0 Å². The zero-order valence-corrected chi connectivity index (χ0v) is 9.26. The van der Waals surface area contributed by atoms with Crippen LogP contribution in [0.1, 0.15) is 6.92 Å². The van der Waals surface area contributed by atoms with Crippen LogP contribution in [0.4, 0.5) is 0 Å². The van der Waals surface area contributed by atoms with Gasteiger partial charge in [-0.15, -0.1) is 11.8 Å². The summed E-state index contributed by atoms with van der Waals surface area (Å²) in [6, 6.07) is 1.79. The van der Waals surface area contributed by atoms with Crippen molar-refractivity contribution in [1.29, 1.82) is 0 Å². The van der Waals surface area contributed by atoms with Gasteiger partial charge in [0.05, 0.1) is 0 Å². The van der Waals surface area contributed by atoms with E-state index in [0.29, 0.717) is 5.15 Å². The third kappa shape index (κ3) is 2.84. The number of nitrogens with zero attached hydrogens (tertiary/aromatic N) is 2. The summed E-state index contributed by atoms with van der Waals surface area (Å²) in [5.74, 6) is 1.00. The van der Waals surface area contributed by atoms with Crippen LogP contribution < -0.4 is 0 Å². The Morgan fingerprint density at radius 1 is 1.50 bits per heavy atom.